The Bertz CT molecular complexity index is 1230. The topological polar surface area (TPSA) is 81.8 Å². The van der Waals surface area contributed by atoms with Crippen LogP contribution in [0.3, 0.4) is 0 Å². The van der Waals surface area contributed by atoms with Gasteiger partial charge in [-0.05, 0) is 36.8 Å². The number of rotatable bonds is 4. The van der Waals surface area contributed by atoms with Crippen molar-refractivity contribution in [2.75, 3.05) is 5.32 Å². The molecule has 0 saturated carbocycles. The largest absolute Gasteiger partial charge is 0.324 e. The number of hydrogen-bond donors (Lipinski definition) is 1. The first-order valence-corrected chi connectivity index (χ1v) is 8.95. The van der Waals surface area contributed by atoms with E-state index in [1.807, 2.05) is 43.3 Å². The molecule has 0 saturated heterocycles. The number of fused-ring (bicyclic) bond motifs is 1. The highest BCUT2D eigenvalue weighted by atomic mass is 35.5. The van der Waals surface area contributed by atoms with E-state index in [9.17, 15) is 9.59 Å². The lowest BCUT2D eigenvalue weighted by atomic mass is 10.2. The van der Waals surface area contributed by atoms with E-state index in [4.69, 9.17) is 11.6 Å². The molecule has 8 heteroatoms. The van der Waals surface area contributed by atoms with Crippen LogP contribution in [0.1, 0.15) is 5.56 Å². The van der Waals surface area contributed by atoms with Gasteiger partial charge in [0.2, 0.25) is 5.91 Å². The van der Waals surface area contributed by atoms with E-state index >= 15 is 0 Å². The molecule has 0 aliphatic heterocycles. The molecule has 140 valence electrons. The molecule has 0 spiro atoms. The normalized spacial score (nSPS) is 10.9. The predicted molar refractivity (Wildman–Crippen MR) is 108 cm³/mol. The van der Waals surface area contributed by atoms with E-state index < -0.39 is 0 Å². The Kier molecular flexibility index (Phi) is 4.67. The second-order valence-corrected chi connectivity index (χ2v) is 6.75. The lowest BCUT2D eigenvalue weighted by molar-refractivity contribution is -0.116. The fraction of sp³-hybridized carbons (Fsp3) is 0.100. The third-order valence-corrected chi connectivity index (χ3v) is 4.58. The van der Waals surface area contributed by atoms with Gasteiger partial charge in [0.05, 0.1) is 11.9 Å². The number of hydrogen-bond acceptors (Lipinski definition) is 4. The van der Waals surface area contributed by atoms with Gasteiger partial charge in [-0.3, -0.25) is 14.2 Å². The summed E-state index contributed by atoms with van der Waals surface area (Å²) in [5.74, 6) is -0.343. The Morgan fingerprint density at radius 1 is 1.18 bits per heavy atom. The van der Waals surface area contributed by atoms with Gasteiger partial charge in [-0.15, -0.1) is 0 Å². The zero-order valence-corrected chi connectivity index (χ0v) is 15.7. The molecule has 0 aliphatic carbocycles. The third kappa shape index (κ3) is 3.39. The van der Waals surface area contributed by atoms with E-state index in [1.165, 1.54) is 17.1 Å². The zero-order chi connectivity index (χ0) is 19.7. The van der Waals surface area contributed by atoms with Crippen LogP contribution in [-0.2, 0) is 11.3 Å². The SMILES string of the molecule is Cc1ccc(Cl)cc1NC(=O)Cn1cnc2c(cnn2-c2ccccc2)c1=O. The summed E-state index contributed by atoms with van der Waals surface area (Å²) < 4.78 is 2.85. The van der Waals surface area contributed by atoms with Crippen molar-refractivity contribution in [3.63, 3.8) is 0 Å². The van der Waals surface area contributed by atoms with E-state index in [1.54, 1.807) is 16.8 Å². The maximum absolute atomic E-state index is 12.8. The molecule has 4 aromatic rings. The number of carbonyl (C=O) groups excluding carboxylic acids is 1. The van der Waals surface area contributed by atoms with Crippen LogP contribution in [-0.4, -0.2) is 25.2 Å². The van der Waals surface area contributed by atoms with Crippen molar-refractivity contribution in [2.45, 2.75) is 13.5 Å². The fourth-order valence-electron chi connectivity index (χ4n) is 2.89. The summed E-state index contributed by atoms with van der Waals surface area (Å²) in [6.45, 7) is 1.70. The Labute approximate surface area is 165 Å². The Balaban J connectivity index is 1.61. The lowest BCUT2D eigenvalue weighted by Crippen LogP contribution is -2.28. The lowest BCUT2D eigenvalue weighted by Gasteiger charge is -2.10. The number of halogens is 1. The molecule has 4 rings (SSSR count). The average Bonchev–Trinajstić information content (AvgIpc) is 3.12. The molecule has 0 radical (unpaired) electrons. The summed E-state index contributed by atoms with van der Waals surface area (Å²) in [6.07, 6.45) is 2.82. The van der Waals surface area contributed by atoms with Gasteiger partial charge in [0, 0.05) is 10.7 Å². The van der Waals surface area contributed by atoms with Crippen molar-refractivity contribution in [1.29, 1.82) is 0 Å². The molecule has 0 atom stereocenters. The number of aromatic nitrogens is 4. The molecular weight excluding hydrogens is 378 g/mol. The minimum absolute atomic E-state index is 0.162. The third-order valence-electron chi connectivity index (χ3n) is 4.34. The van der Waals surface area contributed by atoms with E-state index in [0.29, 0.717) is 21.7 Å². The van der Waals surface area contributed by atoms with Crippen molar-refractivity contribution in [2.24, 2.45) is 0 Å². The molecule has 1 amide bonds. The zero-order valence-electron chi connectivity index (χ0n) is 15.0. The number of benzene rings is 2. The second-order valence-electron chi connectivity index (χ2n) is 6.31. The van der Waals surface area contributed by atoms with Crippen LogP contribution < -0.4 is 10.9 Å². The number of anilines is 1. The maximum atomic E-state index is 12.8. The minimum Gasteiger partial charge on any atom is -0.324 e. The van der Waals surface area contributed by atoms with Gasteiger partial charge in [-0.2, -0.15) is 5.10 Å². The fourth-order valence-corrected chi connectivity index (χ4v) is 3.06. The molecule has 0 bridgehead atoms. The van der Waals surface area contributed by atoms with Gasteiger partial charge >= 0.3 is 0 Å². The number of aryl methyl sites for hydroxylation is 1. The van der Waals surface area contributed by atoms with Crippen LogP contribution in [0.5, 0.6) is 0 Å². The summed E-state index contributed by atoms with van der Waals surface area (Å²) in [6, 6.07) is 14.6. The second kappa shape index (κ2) is 7.28. The molecule has 2 aromatic heterocycles. The van der Waals surface area contributed by atoms with Crippen LogP contribution in [0.2, 0.25) is 5.02 Å². The first-order chi connectivity index (χ1) is 13.5. The highest BCUT2D eigenvalue weighted by molar-refractivity contribution is 6.31. The van der Waals surface area contributed by atoms with Crippen molar-refractivity contribution in [3.05, 3.63) is 82.0 Å². The van der Waals surface area contributed by atoms with E-state index in [0.717, 1.165) is 11.3 Å². The van der Waals surface area contributed by atoms with Gasteiger partial charge in [0.1, 0.15) is 18.3 Å². The van der Waals surface area contributed by atoms with Gasteiger partial charge in [-0.25, -0.2) is 9.67 Å². The number of para-hydroxylation sites is 1. The smallest absolute Gasteiger partial charge is 0.264 e. The summed E-state index contributed by atoms with van der Waals surface area (Å²) in [7, 11) is 0. The summed E-state index contributed by atoms with van der Waals surface area (Å²) >= 11 is 5.98. The highest BCUT2D eigenvalue weighted by Gasteiger charge is 2.13. The van der Waals surface area contributed by atoms with Crippen molar-refractivity contribution in [3.8, 4) is 5.69 Å². The van der Waals surface area contributed by atoms with Crippen molar-refractivity contribution >= 4 is 34.2 Å². The van der Waals surface area contributed by atoms with Crippen LogP contribution in [0.15, 0.2) is 65.8 Å². The van der Waals surface area contributed by atoms with Gasteiger partial charge < -0.3 is 5.32 Å². The summed E-state index contributed by atoms with van der Waals surface area (Å²) in [5.41, 5.74) is 2.40. The Hall–Kier alpha value is -3.45. The van der Waals surface area contributed by atoms with Crippen LogP contribution in [0.4, 0.5) is 5.69 Å². The summed E-state index contributed by atoms with van der Waals surface area (Å²) in [5, 5.41) is 7.90. The quantitative estimate of drug-likeness (QED) is 0.577. The van der Waals surface area contributed by atoms with Gasteiger partial charge in [0.15, 0.2) is 5.65 Å². The minimum atomic E-state index is -0.343. The standard InChI is InChI=1S/C20H16ClN5O2/c1-13-7-8-14(21)9-17(13)24-18(27)11-25-12-22-19-16(20(25)28)10-23-26(19)15-5-3-2-4-6-15/h2-10,12H,11H2,1H3,(H,24,27). The molecule has 1 N–H and O–H groups in total. The number of amides is 1. The first kappa shape index (κ1) is 17.9. The Morgan fingerprint density at radius 3 is 2.75 bits per heavy atom. The van der Waals surface area contributed by atoms with Crippen LogP contribution in [0, 0.1) is 6.92 Å². The molecule has 28 heavy (non-hydrogen) atoms. The molecular formula is C20H16ClN5O2. The van der Waals surface area contributed by atoms with Gasteiger partial charge in [0.25, 0.3) is 5.56 Å². The number of nitrogens with zero attached hydrogens (tertiary/aromatic N) is 4. The molecule has 0 aliphatic rings. The number of nitrogens with one attached hydrogen (secondary N) is 1. The molecule has 0 fully saturated rings. The van der Waals surface area contributed by atoms with Crippen molar-refractivity contribution in [1.82, 2.24) is 19.3 Å². The maximum Gasteiger partial charge on any atom is 0.264 e. The highest BCUT2D eigenvalue weighted by Crippen LogP contribution is 2.20. The Morgan fingerprint density at radius 2 is 1.96 bits per heavy atom. The van der Waals surface area contributed by atoms with E-state index in [2.05, 4.69) is 15.4 Å². The number of carbonyl (C=O) groups is 1. The molecule has 2 heterocycles. The molecule has 2 aromatic carbocycles. The predicted octanol–water partition coefficient (Wildman–Crippen LogP) is 3.18. The summed E-state index contributed by atoms with van der Waals surface area (Å²) in [4.78, 5) is 29.5. The van der Waals surface area contributed by atoms with Gasteiger partial charge in [-0.1, -0.05) is 35.9 Å². The molecule has 7 nitrogen and oxygen atoms in total. The monoisotopic (exact) mass is 393 g/mol. The van der Waals surface area contributed by atoms with Crippen LogP contribution in [0.25, 0.3) is 16.7 Å². The average molecular weight is 394 g/mol. The van der Waals surface area contributed by atoms with E-state index in [-0.39, 0.29) is 18.0 Å². The first-order valence-electron chi connectivity index (χ1n) is 8.57. The van der Waals surface area contributed by atoms with Crippen molar-refractivity contribution < 1.29 is 4.79 Å². The molecule has 0 unspecified atom stereocenters. The van der Waals surface area contributed by atoms with Crippen LogP contribution >= 0.6 is 11.6 Å².